The molecule has 5 rings (SSSR count). The third kappa shape index (κ3) is 4.75. The fourth-order valence-electron chi connectivity index (χ4n) is 4.39. The quantitative estimate of drug-likeness (QED) is 0.385. The number of aromatic nitrogens is 3. The van der Waals surface area contributed by atoms with Crippen LogP contribution in [-0.4, -0.2) is 32.4 Å². The highest BCUT2D eigenvalue weighted by molar-refractivity contribution is 5.89. The highest BCUT2D eigenvalue weighted by Gasteiger charge is 2.27. The van der Waals surface area contributed by atoms with Crippen LogP contribution in [0.5, 0.6) is 0 Å². The van der Waals surface area contributed by atoms with Gasteiger partial charge in [0.2, 0.25) is 5.95 Å². The zero-order valence-corrected chi connectivity index (χ0v) is 19.8. The summed E-state index contributed by atoms with van der Waals surface area (Å²) in [5.41, 5.74) is 7.13. The van der Waals surface area contributed by atoms with Gasteiger partial charge in [-0.25, -0.2) is 19.7 Å². The average Bonchev–Trinajstić information content (AvgIpc) is 2.88. The summed E-state index contributed by atoms with van der Waals surface area (Å²) in [5, 5.41) is 3.03. The Hall–Kier alpha value is -4.13. The molecule has 4 aromatic rings. The van der Waals surface area contributed by atoms with Crippen molar-refractivity contribution < 1.29 is 9.18 Å². The topological polar surface area (TPSA) is 71.0 Å². The fourth-order valence-corrected chi connectivity index (χ4v) is 4.39. The van der Waals surface area contributed by atoms with E-state index in [1.54, 1.807) is 11.0 Å². The van der Waals surface area contributed by atoms with Gasteiger partial charge in [0.1, 0.15) is 0 Å². The predicted molar refractivity (Wildman–Crippen MR) is 134 cm³/mol. The Kier molecular flexibility index (Phi) is 6.23. The minimum atomic E-state index is -0.573. The molecule has 0 saturated carbocycles. The molecule has 0 spiro atoms. The van der Waals surface area contributed by atoms with Crippen LogP contribution < -0.4 is 5.32 Å². The molecule has 6 nitrogen and oxygen atoms in total. The number of halogens is 1. The Morgan fingerprint density at radius 2 is 1.94 bits per heavy atom. The van der Waals surface area contributed by atoms with Crippen LogP contribution in [0, 0.1) is 12.9 Å². The number of carbonyl (C=O) groups is 1. The molecular formula is C28H26FN5O. The van der Waals surface area contributed by atoms with E-state index in [2.05, 4.69) is 17.2 Å². The average molecular weight is 468 g/mol. The maximum atomic E-state index is 13.8. The van der Waals surface area contributed by atoms with Crippen molar-refractivity contribution in [1.29, 1.82) is 0 Å². The lowest BCUT2D eigenvalue weighted by molar-refractivity contribution is 0.206. The maximum absolute atomic E-state index is 13.8. The molecule has 0 unspecified atom stereocenters. The van der Waals surface area contributed by atoms with Gasteiger partial charge in [-0.15, -0.1) is 0 Å². The largest absolute Gasteiger partial charge is 0.322 e. The number of nitrogens with zero attached hydrogens (tertiary/aromatic N) is 4. The van der Waals surface area contributed by atoms with Crippen molar-refractivity contribution in [2.45, 2.75) is 33.2 Å². The summed E-state index contributed by atoms with van der Waals surface area (Å²) < 4.78 is 13.8. The third-order valence-electron chi connectivity index (χ3n) is 6.32. The lowest BCUT2D eigenvalue weighted by atomic mass is 9.96. The van der Waals surface area contributed by atoms with E-state index in [4.69, 9.17) is 9.97 Å². The SMILES string of the molecule is CCc1cccc(NC(=O)N2CCc3nc(-c4ccnc(F)c4)nc(-c4ccccc4C)c3C2)c1. The molecule has 1 aliphatic rings. The molecule has 1 N–H and O–H groups in total. The highest BCUT2D eigenvalue weighted by atomic mass is 19.1. The summed E-state index contributed by atoms with van der Waals surface area (Å²) in [6, 6.07) is 18.8. The zero-order valence-electron chi connectivity index (χ0n) is 19.8. The molecular weight excluding hydrogens is 441 g/mol. The number of carbonyl (C=O) groups excluding carboxylic acids is 1. The summed E-state index contributed by atoms with van der Waals surface area (Å²) in [7, 11) is 0. The second-order valence-corrected chi connectivity index (χ2v) is 8.66. The van der Waals surface area contributed by atoms with Crippen molar-refractivity contribution in [3.8, 4) is 22.6 Å². The summed E-state index contributed by atoms with van der Waals surface area (Å²) in [5.74, 6) is -0.117. The van der Waals surface area contributed by atoms with E-state index >= 15 is 0 Å². The number of pyridine rings is 1. The number of anilines is 1. The minimum Gasteiger partial charge on any atom is -0.320 e. The first-order valence-electron chi connectivity index (χ1n) is 11.7. The number of urea groups is 1. The van der Waals surface area contributed by atoms with E-state index in [-0.39, 0.29) is 6.03 Å². The molecule has 2 amide bonds. The number of amides is 2. The van der Waals surface area contributed by atoms with E-state index in [1.165, 1.54) is 17.8 Å². The van der Waals surface area contributed by atoms with Crippen LogP contribution in [0.1, 0.15) is 29.3 Å². The van der Waals surface area contributed by atoms with E-state index in [1.807, 2.05) is 55.5 Å². The van der Waals surface area contributed by atoms with Crippen molar-refractivity contribution in [2.24, 2.45) is 0 Å². The van der Waals surface area contributed by atoms with E-state index in [0.29, 0.717) is 30.9 Å². The number of rotatable bonds is 4. The molecule has 0 saturated heterocycles. The summed E-state index contributed by atoms with van der Waals surface area (Å²) in [6.45, 7) is 5.04. The zero-order chi connectivity index (χ0) is 24.4. The molecule has 0 bridgehead atoms. The Morgan fingerprint density at radius 3 is 2.74 bits per heavy atom. The van der Waals surface area contributed by atoms with Crippen LogP contribution in [0.2, 0.25) is 0 Å². The number of hydrogen-bond acceptors (Lipinski definition) is 4. The van der Waals surface area contributed by atoms with Crippen molar-refractivity contribution in [3.05, 3.63) is 95.2 Å². The molecule has 3 heterocycles. The Bertz CT molecular complexity index is 1400. The monoisotopic (exact) mass is 467 g/mol. The summed E-state index contributed by atoms with van der Waals surface area (Å²) in [6.07, 6.45) is 2.90. The van der Waals surface area contributed by atoms with E-state index in [9.17, 15) is 9.18 Å². The van der Waals surface area contributed by atoms with Crippen molar-refractivity contribution in [2.75, 3.05) is 11.9 Å². The molecule has 176 valence electrons. The highest BCUT2D eigenvalue weighted by Crippen LogP contribution is 2.32. The van der Waals surface area contributed by atoms with Crippen LogP contribution in [0.25, 0.3) is 22.6 Å². The van der Waals surface area contributed by atoms with Gasteiger partial charge >= 0.3 is 6.03 Å². The summed E-state index contributed by atoms with van der Waals surface area (Å²) >= 11 is 0. The van der Waals surface area contributed by atoms with Crippen LogP contribution in [0.15, 0.2) is 66.9 Å². The molecule has 7 heteroatoms. The number of benzene rings is 2. The van der Waals surface area contributed by atoms with Crippen molar-refractivity contribution in [3.63, 3.8) is 0 Å². The predicted octanol–water partition coefficient (Wildman–Crippen LogP) is 5.81. The molecule has 2 aromatic carbocycles. The van der Waals surface area contributed by atoms with Crippen LogP contribution in [-0.2, 0) is 19.4 Å². The first-order valence-corrected chi connectivity index (χ1v) is 11.7. The first kappa shape index (κ1) is 22.7. The second kappa shape index (κ2) is 9.62. The second-order valence-electron chi connectivity index (χ2n) is 8.66. The lowest BCUT2D eigenvalue weighted by Crippen LogP contribution is -2.39. The molecule has 2 aromatic heterocycles. The molecule has 0 fully saturated rings. The van der Waals surface area contributed by atoms with Gasteiger partial charge in [-0.05, 0) is 42.7 Å². The molecule has 1 aliphatic heterocycles. The third-order valence-corrected chi connectivity index (χ3v) is 6.32. The van der Waals surface area contributed by atoms with Gasteiger partial charge in [-0.2, -0.15) is 4.39 Å². The van der Waals surface area contributed by atoms with Crippen molar-refractivity contribution >= 4 is 11.7 Å². The summed E-state index contributed by atoms with van der Waals surface area (Å²) in [4.78, 5) is 28.2. The Labute approximate surface area is 203 Å². The smallest absolute Gasteiger partial charge is 0.320 e. The maximum Gasteiger partial charge on any atom is 0.322 e. The molecule has 35 heavy (non-hydrogen) atoms. The van der Waals surface area contributed by atoms with Crippen LogP contribution in [0.4, 0.5) is 14.9 Å². The number of aryl methyl sites for hydroxylation is 2. The van der Waals surface area contributed by atoms with Crippen LogP contribution in [0.3, 0.4) is 0 Å². The standard InChI is InChI=1S/C28H26FN5O/c1-3-19-8-6-9-21(15-19)31-28(35)34-14-12-24-23(17-34)26(22-10-5-4-7-18(22)2)33-27(32-24)20-11-13-30-25(29)16-20/h4-11,13,15-16H,3,12,14,17H2,1-2H3,(H,31,35). The van der Waals surface area contributed by atoms with Gasteiger partial charge in [0.05, 0.1) is 17.9 Å². The Morgan fingerprint density at radius 1 is 1.09 bits per heavy atom. The van der Waals surface area contributed by atoms with E-state index < -0.39 is 5.95 Å². The van der Waals surface area contributed by atoms with Crippen molar-refractivity contribution in [1.82, 2.24) is 19.9 Å². The van der Waals surface area contributed by atoms with Gasteiger partial charge in [-0.1, -0.05) is 43.3 Å². The van der Waals surface area contributed by atoms with Gasteiger partial charge < -0.3 is 10.2 Å². The number of fused-ring (bicyclic) bond motifs is 1. The Balaban J connectivity index is 1.52. The fraction of sp³-hybridized carbons (Fsp3) is 0.214. The van der Waals surface area contributed by atoms with Gasteiger partial charge in [-0.3, -0.25) is 0 Å². The van der Waals surface area contributed by atoms with Gasteiger partial charge in [0, 0.05) is 47.6 Å². The minimum absolute atomic E-state index is 0.153. The molecule has 0 aliphatic carbocycles. The molecule has 0 atom stereocenters. The lowest BCUT2D eigenvalue weighted by Gasteiger charge is -2.30. The normalized spacial score (nSPS) is 12.8. The van der Waals surface area contributed by atoms with Gasteiger partial charge in [0.15, 0.2) is 5.82 Å². The number of nitrogens with one attached hydrogen (secondary N) is 1. The van der Waals surface area contributed by atoms with Crippen LogP contribution >= 0.6 is 0 Å². The molecule has 0 radical (unpaired) electrons. The van der Waals surface area contributed by atoms with Gasteiger partial charge in [0.25, 0.3) is 0 Å². The number of hydrogen-bond donors (Lipinski definition) is 1. The van der Waals surface area contributed by atoms with E-state index in [0.717, 1.165) is 40.2 Å². The first-order chi connectivity index (χ1) is 17.0.